The molecule has 8 heteroatoms. The number of anilines is 1. The van der Waals surface area contributed by atoms with Crippen LogP contribution < -0.4 is 16.0 Å². The van der Waals surface area contributed by atoms with E-state index in [9.17, 15) is 9.59 Å². The molecule has 1 aromatic heterocycles. The SMILES string of the molecule is COCCNC(=O)Cn1cc(NC(=O)CC2CCCN2)cn1. The first-order chi connectivity index (χ1) is 10.7. The van der Waals surface area contributed by atoms with Gasteiger partial charge < -0.3 is 20.7 Å². The molecule has 0 saturated carbocycles. The van der Waals surface area contributed by atoms with Gasteiger partial charge in [-0.1, -0.05) is 0 Å². The molecule has 3 N–H and O–H groups in total. The second kappa shape index (κ2) is 8.50. The van der Waals surface area contributed by atoms with Crippen molar-refractivity contribution in [2.45, 2.75) is 31.8 Å². The van der Waals surface area contributed by atoms with Gasteiger partial charge in [0.05, 0.1) is 18.5 Å². The fourth-order valence-electron chi connectivity index (χ4n) is 2.38. The van der Waals surface area contributed by atoms with Gasteiger partial charge in [-0.05, 0) is 19.4 Å². The van der Waals surface area contributed by atoms with E-state index in [1.807, 2.05) is 0 Å². The molecule has 0 aliphatic carbocycles. The van der Waals surface area contributed by atoms with Crippen LogP contribution in [0.25, 0.3) is 0 Å². The highest BCUT2D eigenvalue weighted by molar-refractivity contribution is 5.90. The summed E-state index contributed by atoms with van der Waals surface area (Å²) in [6.07, 6.45) is 5.81. The minimum absolute atomic E-state index is 0.0384. The van der Waals surface area contributed by atoms with Crippen LogP contribution >= 0.6 is 0 Å². The summed E-state index contributed by atoms with van der Waals surface area (Å²) in [7, 11) is 1.58. The predicted octanol–water partition coefficient (Wildman–Crippen LogP) is -0.274. The molecule has 1 aromatic rings. The van der Waals surface area contributed by atoms with Crippen molar-refractivity contribution in [3.8, 4) is 0 Å². The molecule has 1 saturated heterocycles. The van der Waals surface area contributed by atoms with Crippen molar-refractivity contribution in [2.24, 2.45) is 0 Å². The summed E-state index contributed by atoms with van der Waals surface area (Å²) in [4.78, 5) is 23.5. The Labute approximate surface area is 129 Å². The Hall–Kier alpha value is -1.93. The molecule has 1 fully saturated rings. The van der Waals surface area contributed by atoms with Gasteiger partial charge in [-0.25, -0.2) is 0 Å². The van der Waals surface area contributed by atoms with Crippen LogP contribution in [0.2, 0.25) is 0 Å². The average molecular weight is 309 g/mol. The Morgan fingerprint density at radius 1 is 1.50 bits per heavy atom. The van der Waals surface area contributed by atoms with Gasteiger partial charge >= 0.3 is 0 Å². The second-order valence-electron chi connectivity index (χ2n) is 5.31. The van der Waals surface area contributed by atoms with Gasteiger partial charge in [0.1, 0.15) is 6.54 Å². The lowest BCUT2D eigenvalue weighted by Gasteiger charge is -2.09. The van der Waals surface area contributed by atoms with E-state index in [-0.39, 0.29) is 24.4 Å². The van der Waals surface area contributed by atoms with Crippen molar-refractivity contribution in [3.05, 3.63) is 12.4 Å². The van der Waals surface area contributed by atoms with Gasteiger partial charge in [0, 0.05) is 32.3 Å². The molecule has 0 aromatic carbocycles. The van der Waals surface area contributed by atoms with Crippen LogP contribution in [0, 0.1) is 0 Å². The Balaban J connectivity index is 1.73. The lowest BCUT2D eigenvalue weighted by molar-refractivity contribution is -0.122. The highest BCUT2D eigenvalue weighted by Gasteiger charge is 2.18. The Kier molecular flexibility index (Phi) is 6.35. The maximum atomic E-state index is 11.9. The monoisotopic (exact) mass is 309 g/mol. The quantitative estimate of drug-likeness (QED) is 0.574. The lowest BCUT2D eigenvalue weighted by Crippen LogP contribution is -2.30. The molecule has 1 unspecified atom stereocenters. The number of hydrogen-bond acceptors (Lipinski definition) is 5. The van der Waals surface area contributed by atoms with Gasteiger partial charge in [0.25, 0.3) is 0 Å². The summed E-state index contributed by atoms with van der Waals surface area (Å²) < 4.78 is 6.35. The molecule has 2 heterocycles. The number of carbonyl (C=O) groups is 2. The number of nitrogens with zero attached hydrogens (tertiary/aromatic N) is 2. The number of rotatable bonds is 8. The molecule has 2 rings (SSSR count). The number of hydrogen-bond donors (Lipinski definition) is 3. The van der Waals surface area contributed by atoms with Gasteiger partial charge in [0.15, 0.2) is 0 Å². The fraction of sp³-hybridized carbons (Fsp3) is 0.643. The van der Waals surface area contributed by atoms with Crippen molar-refractivity contribution in [1.29, 1.82) is 0 Å². The third kappa shape index (κ3) is 5.45. The van der Waals surface area contributed by atoms with Crippen molar-refractivity contribution in [3.63, 3.8) is 0 Å². The molecule has 1 aliphatic rings. The maximum Gasteiger partial charge on any atom is 0.241 e. The molecule has 0 spiro atoms. The van der Waals surface area contributed by atoms with E-state index in [1.54, 1.807) is 19.5 Å². The molecular formula is C14H23N5O3. The third-order valence-corrected chi connectivity index (χ3v) is 3.45. The first-order valence-electron chi connectivity index (χ1n) is 7.48. The van der Waals surface area contributed by atoms with Crippen LogP contribution in [0.4, 0.5) is 5.69 Å². The number of methoxy groups -OCH3 is 1. The summed E-state index contributed by atoms with van der Waals surface area (Å²) in [5.41, 5.74) is 0.604. The summed E-state index contributed by atoms with van der Waals surface area (Å²) in [5.74, 6) is -0.184. The van der Waals surface area contributed by atoms with Gasteiger partial charge in [-0.2, -0.15) is 5.10 Å². The first kappa shape index (κ1) is 16.4. The van der Waals surface area contributed by atoms with E-state index >= 15 is 0 Å². The lowest BCUT2D eigenvalue weighted by atomic mass is 10.1. The molecule has 2 amide bonds. The summed E-state index contributed by atoms with van der Waals surface area (Å²) in [5, 5.41) is 12.9. The normalized spacial score (nSPS) is 17.4. The number of aromatic nitrogens is 2. The van der Waals surface area contributed by atoms with Gasteiger partial charge in [-0.15, -0.1) is 0 Å². The zero-order valence-electron chi connectivity index (χ0n) is 12.8. The highest BCUT2D eigenvalue weighted by Crippen LogP contribution is 2.11. The van der Waals surface area contributed by atoms with E-state index < -0.39 is 0 Å². The number of carbonyl (C=O) groups excluding carboxylic acids is 2. The zero-order chi connectivity index (χ0) is 15.8. The number of ether oxygens (including phenoxy) is 1. The third-order valence-electron chi connectivity index (χ3n) is 3.45. The number of nitrogens with one attached hydrogen (secondary N) is 3. The minimum Gasteiger partial charge on any atom is -0.383 e. The van der Waals surface area contributed by atoms with Crippen LogP contribution in [0.1, 0.15) is 19.3 Å². The van der Waals surface area contributed by atoms with Gasteiger partial charge in [0.2, 0.25) is 11.8 Å². The highest BCUT2D eigenvalue weighted by atomic mass is 16.5. The standard InChI is InChI=1S/C14H23N5O3/c1-22-6-5-16-14(21)10-19-9-12(8-17-19)18-13(20)7-11-3-2-4-15-11/h8-9,11,15H,2-7,10H2,1H3,(H,16,21)(H,18,20). The van der Waals surface area contributed by atoms with Crippen molar-refractivity contribution < 1.29 is 14.3 Å². The van der Waals surface area contributed by atoms with Crippen LogP contribution in [0.15, 0.2) is 12.4 Å². The summed E-state index contributed by atoms with van der Waals surface area (Å²) in [6, 6.07) is 0.265. The van der Waals surface area contributed by atoms with Crippen molar-refractivity contribution in [1.82, 2.24) is 20.4 Å². The second-order valence-corrected chi connectivity index (χ2v) is 5.31. The van der Waals surface area contributed by atoms with E-state index in [0.29, 0.717) is 25.3 Å². The smallest absolute Gasteiger partial charge is 0.241 e. The molecule has 1 aliphatic heterocycles. The molecule has 0 radical (unpaired) electrons. The molecular weight excluding hydrogens is 286 g/mol. The first-order valence-corrected chi connectivity index (χ1v) is 7.48. The van der Waals surface area contributed by atoms with Crippen molar-refractivity contribution in [2.75, 3.05) is 32.1 Å². The van der Waals surface area contributed by atoms with Crippen LogP contribution in [-0.4, -0.2) is 54.4 Å². The average Bonchev–Trinajstić information content (AvgIpc) is 3.11. The zero-order valence-corrected chi connectivity index (χ0v) is 12.8. The maximum absolute atomic E-state index is 11.9. The predicted molar refractivity (Wildman–Crippen MR) is 81.4 cm³/mol. The van der Waals surface area contributed by atoms with E-state index in [2.05, 4.69) is 21.0 Å². The molecule has 22 heavy (non-hydrogen) atoms. The van der Waals surface area contributed by atoms with E-state index in [1.165, 1.54) is 4.68 Å². The van der Waals surface area contributed by atoms with Gasteiger partial charge in [-0.3, -0.25) is 14.3 Å². The Morgan fingerprint density at radius 2 is 2.36 bits per heavy atom. The van der Waals surface area contributed by atoms with Crippen LogP contribution in [0.3, 0.4) is 0 Å². The van der Waals surface area contributed by atoms with Crippen LogP contribution in [0.5, 0.6) is 0 Å². The Morgan fingerprint density at radius 3 is 3.09 bits per heavy atom. The molecule has 0 bridgehead atoms. The summed E-state index contributed by atoms with van der Waals surface area (Å²) >= 11 is 0. The van der Waals surface area contributed by atoms with E-state index in [4.69, 9.17) is 4.74 Å². The molecule has 1 atom stereocenters. The van der Waals surface area contributed by atoms with Crippen LogP contribution in [-0.2, 0) is 20.9 Å². The Bertz CT molecular complexity index is 496. The largest absolute Gasteiger partial charge is 0.383 e. The number of amides is 2. The molecule has 8 nitrogen and oxygen atoms in total. The summed E-state index contributed by atoms with van der Waals surface area (Å²) in [6.45, 7) is 2.04. The fourth-order valence-corrected chi connectivity index (χ4v) is 2.38. The van der Waals surface area contributed by atoms with E-state index in [0.717, 1.165) is 19.4 Å². The minimum atomic E-state index is -0.145. The van der Waals surface area contributed by atoms with Crippen molar-refractivity contribution >= 4 is 17.5 Å². The topological polar surface area (TPSA) is 97.3 Å². The molecule has 122 valence electrons.